The number of hydrogen-bond donors (Lipinski definition) is 1. The summed E-state index contributed by atoms with van der Waals surface area (Å²) in [5.74, 6) is 0.496. The standard InChI is InChI=1S/C19H24N2O5S/c1-13-7-6-8-17(14(13)2)21(27(5,23)24)12-19(22)20-16-11-15(25-3)9-10-18(16)26-4/h6-11H,12H2,1-5H3,(H,20,22). The van der Waals surface area contributed by atoms with Gasteiger partial charge in [0.15, 0.2) is 0 Å². The smallest absolute Gasteiger partial charge is 0.245 e. The summed E-state index contributed by atoms with van der Waals surface area (Å²) in [6.07, 6.45) is 1.08. The molecule has 146 valence electrons. The lowest BCUT2D eigenvalue weighted by atomic mass is 10.1. The van der Waals surface area contributed by atoms with E-state index in [-0.39, 0.29) is 6.54 Å². The van der Waals surface area contributed by atoms with Crippen molar-refractivity contribution in [3.05, 3.63) is 47.5 Å². The van der Waals surface area contributed by atoms with Gasteiger partial charge >= 0.3 is 0 Å². The van der Waals surface area contributed by atoms with Gasteiger partial charge in [0, 0.05) is 6.07 Å². The monoisotopic (exact) mass is 392 g/mol. The summed E-state index contributed by atoms with van der Waals surface area (Å²) in [7, 11) is -0.661. The molecule has 0 saturated heterocycles. The first kappa shape index (κ1) is 20.6. The number of methoxy groups -OCH3 is 2. The van der Waals surface area contributed by atoms with Gasteiger partial charge in [0.1, 0.15) is 18.0 Å². The second-order valence-corrected chi connectivity index (χ2v) is 8.01. The first-order valence-corrected chi connectivity index (χ1v) is 10.1. The van der Waals surface area contributed by atoms with Crippen LogP contribution in [0.25, 0.3) is 0 Å². The van der Waals surface area contributed by atoms with Crippen LogP contribution in [0.4, 0.5) is 11.4 Å². The quantitative estimate of drug-likeness (QED) is 0.783. The van der Waals surface area contributed by atoms with Gasteiger partial charge in [0.05, 0.1) is 31.9 Å². The molecular formula is C19H24N2O5S. The average molecular weight is 392 g/mol. The van der Waals surface area contributed by atoms with E-state index in [9.17, 15) is 13.2 Å². The van der Waals surface area contributed by atoms with Crippen LogP contribution >= 0.6 is 0 Å². The molecule has 2 rings (SSSR count). The molecule has 8 heteroatoms. The number of carbonyl (C=O) groups is 1. The number of ether oxygens (including phenoxy) is 2. The van der Waals surface area contributed by atoms with Crippen LogP contribution in [0.3, 0.4) is 0 Å². The molecule has 27 heavy (non-hydrogen) atoms. The Bertz CT molecular complexity index is 941. The van der Waals surface area contributed by atoms with E-state index in [1.54, 1.807) is 30.3 Å². The van der Waals surface area contributed by atoms with E-state index in [4.69, 9.17) is 9.47 Å². The number of carbonyl (C=O) groups excluding carboxylic acids is 1. The largest absolute Gasteiger partial charge is 0.497 e. The van der Waals surface area contributed by atoms with Gasteiger partial charge in [-0.15, -0.1) is 0 Å². The van der Waals surface area contributed by atoms with E-state index in [2.05, 4.69) is 5.32 Å². The second-order valence-electron chi connectivity index (χ2n) is 6.10. The molecule has 1 N–H and O–H groups in total. The van der Waals surface area contributed by atoms with Crippen molar-refractivity contribution in [2.24, 2.45) is 0 Å². The number of benzene rings is 2. The molecule has 0 aromatic heterocycles. The first-order valence-electron chi connectivity index (χ1n) is 8.23. The van der Waals surface area contributed by atoms with E-state index in [0.717, 1.165) is 21.7 Å². The summed E-state index contributed by atoms with van der Waals surface area (Å²) in [4.78, 5) is 12.6. The zero-order chi connectivity index (χ0) is 20.2. The normalized spacial score (nSPS) is 11.0. The molecule has 0 heterocycles. The third-order valence-corrected chi connectivity index (χ3v) is 5.34. The van der Waals surface area contributed by atoms with E-state index < -0.39 is 15.9 Å². The van der Waals surface area contributed by atoms with Crippen LogP contribution in [0.5, 0.6) is 11.5 Å². The van der Waals surface area contributed by atoms with Crippen LogP contribution < -0.4 is 19.1 Å². The van der Waals surface area contributed by atoms with E-state index in [1.807, 2.05) is 19.9 Å². The first-order chi connectivity index (χ1) is 12.7. The zero-order valence-electron chi connectivity index (χ0n) is 16.1. The Labute approximate surface area is 160 Å². The summed E-state index contributed by atoms with van der Waals surface area (Å²) < 4.78 is 36.1. The average Bonchev–Trinajstić information content (AvgIpc) is 2.61. The minimum absolute atomic E-state index is 0.358. The van der Waals surface area contributed by atoms with Crippen molar-refractivity contribution in [2.45, 2.75) is 13.8 Å². The number of sulfonamides is 1. The minimum atomic E-state index is -3.66. The molecule has 0 spiro atoms. The van der Waals surface area contributed by atoms with Crippen LogP contribution in [-0.2, 0) is 14.8 Å². The van der Waals surface area contributed by atoms with Crippen molar-refractivity contribution in [3.8, 4) is 11.5 Å². The maximum atomic E-state index is 12.6. The van der Waals surface area contributed by atoms with Gasteiger partial charge < -0.3 is 14.8 Å². The highest BCUT2D eigenvalue weighted by molar-refractivity contribution is 7.92. The molecule has 2 aromatic rings. The minimum Gasteiger partial charge on any atom is -0.497 e. The molecule has 0 bridgehead atoms. The van der Waals surface area contributed by atoms with Crippen molar-refractivity contribution in [2.75, 3.05) is 36.6 Å². The predicted molar refractivity (Wildman–Crippen MR) is 106 cm³/mol. The summed E-state index contributed by atoms with van der Waals surface area (Å²) in [6.45, 7) is 3.36. The molecule has 0 aliphatic rings. The lowest BCUT2D eigenvalue weighted by molar-refractivity contribution is -0.114. The molecule has 0 radical (unpaired) electrons. The van der Waals surface area contributed by atoms with Crippen LogP contribution in [0.2, 0.25) is 0 Å². The number of nitrogens with zero attached hydrogens (tertiary/aromatic N) is 1. The van der Waals surface area contributed by atoms with Gasteiger partial charge in [-0.1, -0.05) is 12.1 Å². The van der Waals surface area contributed by atoms with Gasteiger partial charge in [0.2, 0.25) is 15.9 Å². The Balaban J connectivity index is 2.32. The number of nitrogens with one attached hydrogen (secondary N) is 1. The Morgan fingerprint density at radius 3 is 2.41 bits per heavy atom. The third kappa shape index (κ3) is 4.91. The van der Waals surface area contributed by atoms with E-state index >= 15 is 0 Å². The van der Waals surface area contributed by atoms with Crippen LogP contribution in [0.1, 0.15) is 11.1 Å². The van der Waals surface area contributed by atoms with Crippen LogP contribution in [-0.4, -0.2) is 41.3 Å². The second kappa shape index (κ2) is 8.30. The maximum Gasteiger partial charge on any atom is 0.245 e. The molecule has 7 nitrogen and oxygen atoms in total. The number of anilines is 2. The van der Waals surface area contributed by atoms with Gasteiger partial charge in [-0.2, -0.15) is 0 Å². The maximum absolute atomic E-state index is 12.6. The topological polar surface area (TPSA) is 84.9 Å². The summed E-state index contributed by atoms with van der Waals surface area (Å²) in [6, 6.07) is 10.3. The van der Waals surface area contributed by atoms with E-state index in [1.165, 1.54) is 14.2 Å². The van der Waals surface area contributed by atoms with Crippen molar-refractivity contribution in [1.82, 2.24) is 0 Å². The SMILES string of the molecule is COc1ccc(OC)c(NC(=O)CN(c2cccc(C)c2C)S(C)(=O)=O)c1. The summed E-state index contributed by atoms with van der Waals surface area (Å²) in [5.41, 5.74) is 2.62. The van der Waals surface area contributed by atoms with Crippen molar-refractivity contribution >= 4 is 27.3 Å². The Hall–Kier alpha value is -2.74. The van der Waals surface area contributed by atoms with E-state index in [0.29, 0.717) is 22.9 Å². The number of aryl methyl sites for hydroxylation is 1. The Kier molecular flexibility index (Phi) is 6.32. The zero-order valence-corrected chi connectivity index (χ0v) is 16.9. The molecule has 1 amide bonds. The Morgan fingerprint density at radius 2 is 1.81 bits per heavy atom. The van der Waals surface area contributed by atoms with Gasteiger partial charge in [-0.25, -0.2) is 8.42 Å². The molecule has 0 aliphatic carbocycles. The highest BCUT2D eigenvalue weighted by atomic mass is 32.2. The summed E-state index contributed by atoms with van der Waals surface area (Å²) >= 11 is 0. The predicted octanol–water partition coefficient (Wildman–Crippen LogP) is 2.73. The number of rotatable bonds is 7. The number of hydrogen-bond acceptors (Lipinski definition) is 5. The third-order valence-electron chi connectivity index (χ3n) is 4.21. The summed E-state index contributed by atoms with van der Waals surface area (Å²) in [5, 5.41) is 2.69. The van der Waals surface area contributed by atoms with Crippen LogP contribution in [0.15, 0.2) is 36.4 Å². The van der Waals surface area contributed by atoms with Gasteiger partial charge in [-0.05, 0) is 43.2 Å². The number of amides is 1. The van der Waals surface area contributed by atoms with Crippen molar-refractivity contribution in [3.63, 3.8) is 0 Å². The molecule has 2 aromatic carbocycles. The van der Waals surface area contributed by atoms with Gasteiger partial charge in [-0.3, -0.25) is 9.10 Å². The molecule has 0 atom stereocenters. The lowest BCUT2D eigenvalue weighted by Gasteiger charge is -2.24. The highest BCUT2D eigenvalue weighted by Gasteiger charge is 2.23. The van der Waals surface area contributed by atoms with Crippen molar-refractivity contribution in [1.29, 1.82) is 0 Å². The fraction of sp³-hybridized carbons (Fsp3) is 0.316. The Morgan fingerprint density at radius 1 is 1.11 bits per heavy atom. The molecule has 0 unspecified atom stereocenters. The lowest BCUT2D eigenvalue weighted by Crippen LogP contribution is -2.38. The molecule has 0 aliphatic heterocycles. The van der Waals surface area contributed by atoms with Gasteiger partial charge in [0.25, 0.3) is 0 Å². The molecule has 0 saturated carbocycles. The fourth-order valence-electron chi connectivity index (χ4n) is 2.62. The fourth-order valence-corrected chi connectivity index (χ4v) is 3.53. The van der Waals surface area contributed by atoms with Crippen molar-refractivity contribution < 1.29 is 22.7 Å². The molecular weight excluding hydrogens is 368 g/mol. The molecule has 0 fully saturated rings. The highest BCUT2D eigenvalue weighted by Crippen LogP contribution is 2.29. The van der Waals surface area contributed by atoms with Crippen LogP contribution in [0, 0.1) is 13.8 Å².